The average molecular weight is 228 g/mol. The molecule has 0 saturated carbocycles. The molecule has 0 unspecified atom stereocenters. The minimum Gasteiger partial charge on any atom is -0.304 e. The number of rotatable bonds is 0. The van der Waals surface area contributed by atoms with Crippen LogP contribution in [-0.2, 0) is 23.0 Å². The molecule has 0 bridgehead atoms. The summed E-state index contributed by atoms with van der Waals surface area (Å²) in [6.45, 7) is 5.46. The van der Waals surface area contributed by atoms with Crippen molar-refractivity contribution >= 4 is 10.9 Å². The van der Waals surface area contributed by atoms with E-state index in [1.165, 1.54) is 11.1 Å². The van der Waals surface area contributed by atoms with Crippen molar-refractivity contribution in [1.29, 1.82) is 0 Å². The Kier molecular flexibility index (Phi) is 3.84. The Balaban J connectivity index is 0.000000245. The first-order valence-electron chi connectivity index (χ1n) is 4.66. The van der Waals surface area contributed by atoms with Crippen molar-refractivity contribution in [3.05, 3.63) is 35.4 Å². The lowest BCUT2D eigenvalue weighted by molar-refractivity contribution is 0.442. The van der Waals surface area contributed by atoms with Crippen LogP contribution in [0, 0.1) is 0 Å². The van der Waals surface area contributed by atoms with E-state index in [1.807, 2.05) is 0 Å². The second-order valence-corrected chi connectivity index (χ2v) is 4.49. The van der Waals surface area contributed by atoms with E-state index in [-0.39, 0.29) is 5.54 Å². The third-order valence-electron chi connectivity index (χ3n) is 2.41. The van der Waals surface area contributed by atoms with Crippen LogP contribution >= 0.6 is 0 Å². The van der Waals surface area contributed by atoms with Crippen LogP contribution in [0.5, 0.6) is 0 Å². The molecule has 1 aliphatic heterocycles. The highest BCUT2D eigenvalue weighted by Crippen LogP contribution is 2.29. The van der Waals surface area contributed by atoms with Gasteiger partial charge in [0.2, 0.25) is 0 Å². The van der Waals surface area contributed by atoms with Crippen molar-refractivity contribution in [2.24, 2.45) is 5.14 Å². The first-order valence-corrected chi connectivity index (χ1v) is 5.90. The van der Waals surface area contributed by atoms with Gasteiger partial charge in [0.25, 0.3) is 0 Å². The Hall–Kier alpha value is -0.910. The quantitative estimate of drug-likeness (QED) is 0.566. The molecule has 5 heteroatoms. The normalized spacial score (nSPS) is 16.8. The molecule has 1 aromatic rings. The van der Waals surface area contributed by atoms with E-state index in [9.17, 15) is 0 Å². The number of nitrogens with one attached hydrogen (secondary N) is 1. The zero-order valence-corrected chi connectivity index (χ0v) is 9.75. The molecule has 0 spiro atoms. The highest BCUT2D eigenvalue weighted by Gasteiger charge is 2.27. The Morgan fingerprint density at radius 1 is 1.33 bits per heavy atom. The molecule has 1 heterocycles. The lowest BCUT2D eigenvalue weighted by atomic mass is 9.95. The summed E-state index contributed by atoms with van der Waals surface area (Å²) in [6.07, 6.45) is 0. The molecule has 4 nitrogen and oxygen atoms in total. The van der Waals surface area contributed by atoms with Gasteiger partial charge in [0.15, 0.2) is 10.9 Å². The molecule has 0 atom stereocenters. The van der Waals surface area contributed by atoms with Crippen molar-refractivity contribution in [3.63, 3.8) is 0 Å². The average Bonchev–Trinajstić information content (AvgIpc) is 2.43. The predicted molar refractivity (Wildman–Crippen MR) is 60.8 cm³/mol. The van der Waals surface area contributed by atoms with Crippen molar-refractivity contribution in [2.45, 2.75) is 25.9 Å². The monoisotopic (exact) mass is 228 g/mol. The van der Waals surface area contributed by atoms with Gasteiger partial charge in [-0.15, -0.1) is 0 Å². The maximum Gasteiger partial charge on any atom is 0.198 e. The van der Waals surface area contributed by atoms with Gasteiger partial charge in [-0.1, -0.05) is 24.3 Å². The van der Waals surface area contributed by atoms with Crippen molar-refractivity contribution in [1.82, 2.24) is 5.32 Å². The van der Waals surface area contributed by atoms with Crippen LogP contribution in [0.15, 0.2) is 24.3 Å². The molecular weight excluding hydrogens is 212 g/mol. The highest BCUT2D eigenvalue weighted by molar-refractivity contribution is 7.69. The standard InChI is InChI=1S/C10H13N.H3NO2S/c1-10(2)9-6-4-3-5-8(9)7-11-10;1-4(2)3/h3-6,11H,7H2,1-2H3;4H,(H2,1,2,3). The van der Waals surface area contributed by atoms with E-state index in [2.05, 4.69) is 48.6 Å². The summed E-state index contributed by atoms with van der Waals surface area (Å²) in [4.78, 5) is 0. The molecule has 0 aliphatic carbocycles. The van der Waals surface area contributed by atoms with Crippen LogP contribution in [0.3, 0.4) is 0 Å². The van der Waals surface area contributed by atoms with Gasteiger partial charge in [0.1, 0.15) is 0 Å². The molecule has 84 valence electrons. The summed E-state index contributed by atoms with van der Waals surface area (Å²) in [5.41, 5.74) is 3.06. The number of hydrogen-bond acceptors (Lipinski definition) is 3. The smallest absolute Gasteiger partial charge is 0.198 e. The summed E-state index contributed by atoms with van der Waals surface area (Å²) >= 11 is 0. The van der Waals surface area contributed by atoms with Crippen LogP contribution in [0.2, 0.25) is 0 Å². The fourth-order valence-electron chi connectivity index (χ4n) is 1.70. The van der Waals surface area contributed by atoms with Crippen LogP contribution < -0.4 is 10.5 Å². The molecule has 1 aromatic carbocycles. The van der Waals surface area contributed by atoms with Gasteiger partial charge in [0.05, 0.1) is 0 Å². The third kappa shape index (κ3) is 3.30. The van der Waals surface area contributed by atoms with Gasteiger partial charge in [-0.05, 0) is 25.0 Å². The Labute approximate surface area is 91.6 Å². The predicted octanol–water partition coefficient (Wildman–Crippen LogP) is 0.496. The second kappa shape index (κ2) is 4.74. The molecule has 15 heavy (non-hydrogen) atoms. The first kappa shape index (κ1) is 12.2. The number of benzene rings is 1. The summed E-state index contributed by atoms with van der Waals surface area (Å²) in [5, 5.41) is 7.53. The fraction of sp³-hybridized carbons (Fsp3) is 0.400. The minimum absolute atomic E-state index is 0.177. The zero-order chi connectivity index (χ0) is 11.5. The minimum atomic E-state index is -2.62. The van der Waals surface area contributed by atoms with Gasteiger partial charge in [-0.2, -0.15) is 0 Å². The number of hydrogen-bond donors (Lipinski definition) is 3. The molecule has 1 aliphatic rings. The molecule has 0 amide bonds. The summed E-state index contributed by atoms with van der Waals surface area (Å²) in [5.74, 6) is 0. The molecule has 0 radical (unpaired) electrons. The number of fused-ring (bicyclic) bond motifs is 1. The maximum absolute atomic E-state index is 8.81. The topological polar surface area (TPSA) is 72.2 Å². The number of thiol groups is 1. The fourth-order valence-corrected chi connectivity index (χ4v) is 1.70. The molecule has 0 aromatic heterocycles. The Morgan fingerprint density at radius 2 is 1.87 bits per heavy atom. The van der Waals surface area contributed by atoms with Gasteiger partial charge in [-0.25, -0.2) is 13.6 Å². The van der Waals surface area contributed by atoms with Crippen LogP contribution in [0.25, 0.3) is 0 Å². The van der Waals surface area contributed by atoms with Gasteiger partial charge in [0, 0.05) is 12.1 Å². The van der Waals surface area contributed by atoms with E-state index in [0.717, 1.165) is 6.54 Å². The van der Waals surface area contributed by atoms with E-state index < -0.39 is 10.9 Å². The van der Waals surface area contributed by atoms with Gasteiger partial charge < -0.3 is 5.32 Å². The van der Waals surface area contributed by atoms with E-state index >= 15 is 0 Å². The SMILES string of the molecule is CC1(C)NCc2ccccc21.N[SH](=O)=O. The Bertz CT molecular complexity index is 406. The largest absolute Gasteiger partial charge is 0.304 e. The van der Waals surface area contributed by atoms with E-state index in [0.29, 0.717) is 0 Å². The van der Waals surface area contributed by atoms with E-state index in [1.54, 1.807) is 0 Å². The highest BCUT2D eigenvalue weighted by atomic mass is 32.2. The number of nitrogens with two attached hydrogens (primary N) is 1. The maximum atomic E-state index is 8.81. The van der Waals surface area contributed by atoms with Gasteiger partial charge >= 0.3 is 0 Å². The van der Waals surface area contributed by atoms with Gasteiger partial charge in [-0.3, -0.25) is 0 Å². The summed E-state index contributed by atoms with van der Waals surface area (Å²) < 4.78 is 17.6. The molecular formula is C10H16N2O2S. The van der Waals surface area contributed by atoms with Crippen LogP contribution in [0.4, 0.5) is 0 Å². The summed E-state index contributed by atoms with van der Waals surface area (Å²) in [7, 11) is -2.62. The molecule has 0 saturated heterocycles. The molecule has 2 rings (SSSR count). The lowest BCUT2D eigenvalue weighted by Crippen LogP contribution is -2.28. The van der Waals surface area contributed by atoms with Crippen LogP contribution in [0.1, 0.15) is 25.0 Å². The molecule has 0 fully saturated rings. The van der Waals surface area contributed by atoms with Crippen LogP contribution in [-0.4, -0.2) is 8.42 Å². The van der Waals surface area contributed by atoms with E-state index in [4.69, 9.17) is 8.42 Å². The zero-order valence-electron chi connectivity index (χ0n) is 8.86. The van der Waals surface area contributed by atoms with Crippen molar-refractivity contribution < 1.29 is 8.42 Å². The molecule has 3 N–H and O–H groups in total. The lowest BCUT2D eigenvalue weighted by Gasteiger charge is -2.19. The van der Waals surface area contributed by atoms with Crippen molar-refractivity contribution in [3.8, 4) is 0 Å². The Morgan fingerprint density at radius 3 is 2.40 bits per heavy atom. The summed E-state index contributed by atoms with van der Waals surface area (Å²) in [6, 6.07) is 8.60. The second-order valence-electron chi connectivity index (χ2n) is 3.92. The third-order valence-corrected chi connectivity index (χ3v) is 2.41. The van der Waals surface area contributed by atoms with Crippen molar-refractivity contribution in [2.75, 3.05) is 0 Å². The first-order chi connectivity index (χ1) is 6.93.